The summed E-state index contributed by atoms with van der Waals surface area (Å²) in [5, 5.41) is 0. The smallest absolute Gasteiger partial charge is 0.276 e. The van der Waals surface area contributed by atoms with Gasteiger partial charge in [-0.2, -0.15) is 0 Å². The van der Waals surface area contributed by atoms with E-state index >= 15 is 0 Å². The van der Waals surface area contributed by atoms with Crippen LogP contribution in [-0.4, -0.2) is 51.8 Å². The van der Waals surface area contributed by atoms with Crippen LogP contribution in [0, 0.1) is 6.92 Å². The van der Waals surface area contributed by atoms with Gasteiger partial charge in [0.2, 0.25) is 0 Å². The normalized spacial score (nSPS) is 18.3. The zero-order valence-corrected chi connectivity index (χ0v) is 21.1. The van der Waals surface area contributed by atoms with Crippen molar-refractivity contribution in [1.82, 2.24) is 14.3 Å². The van der Waals surface area contributed by atoms with E-state index in [4.69, 9.17) is 14.2 Å². The minimum atomic E-state index is -0.714. The highest BCUT2D eigenvalue weighted by molar-refractivity contribution is 5.99. The van der Waals surface area contributed by atoms with E-state index in [9.17, 15) is 9.59 Å². The molecule has 5 rings (SSSR count). The Kier molecular flexibility index (Phi) is 6.32. The topological polar surface area (TPSA) is 74.9 Å². The van der Waals surface area contributed by atoms with Gasteiger partial charge in [-0.05, 0) is 45.0 Å². The van der Waals surface area contributed by atoms with Crippen LogP contribution >= 0.6 is 0 Å². The standard InChI is InChI=1S/C28H31N3O5/c1-19-24(27(33)31(29(19)4)22-11-6-5-7-12-22)16-30(15-23-18-35-28(2,3)36-23)26(32)21-14-20-10-8-9-13-25(20)34-17-21/h5-14,23H,15-18H2,1-4H3. The molecule has 0 radical (unpaired) electrons. The van der Waals surface area contributed by atoms with Gasteiger partial charge in [-0.3, -0.25) is 14.3 Å². The summed E-state index contributed by atoms with van der Waals surface area (Å²) in [6, 6.07) is 17.1. The summed E-state index contributed by atoms with van der Waals surface area (Å²) in [6.45, 7) is 6.59. The van der Waals surface area contributed by atoms with Gasteiger partial charge in [-0.15, -0.1) is 0 Å². The molecule has 0 N–H and O–H groups in total. The molecule has 188 valence electrons. The van der Waals surface area contributed by atoms with Crippen LogP contribution in [0.4, 0.5) is 0 Å². The molecule has 0 spiro atoms. The van der Waals surface area contributed by atoms with Gasteiger partial charge >= 0.3 is 0 Å². The molecule has 1 unspecified atom stereocenters. The summed E-state index contributed by atoms with van der Waals surface area (Å²) in [7, 11) is 1.85. The van der Waals surface area contributed by atoms with Gasteiger partial charge in [0, 0.05) is 24.8 Å². The van der Waals surface area contributed by atoms with E-state index in [1.807, 2.05) is 93.2 Å². The minimum absolute atomic E-state index is 0.149. The molecule has 1 amide bonds. The summed E-state index contributed by atoms with van der Waals surface area (Å²) in [6.07, 6.45) is 1.56. The zero-order valence-electron chi connectivity index (χ0n) is 21.1. The third-order valence-corrected chi connectivity index (χ3v) is 6.71. The van der Waals surface area contributed by atoms with Gasteiger partial charge in [0.1, 0.15) is 18.5 Å². The van der Waals surface area contributed by atoms with Crippen molar-refractivity contribution in [2.24, 2.45) is 7.05 Å². The quantitative estimate of drug-likeness (QED) is 0.530. The maximum atomic E-state index is 13.8. The first-order valence-corrected chi connectivity index (χ1v) is 12.1. The molecule has 8 nitrogen and oxygen atoms in total. The average molecular weight is 490 g/mol. The van der Waals surface area contributed by atoms with Crippen LogP contribution in [0.15, 0.2) is 65.0 Å². The Morgan fingerprint density at radius 1 is 1.11 bits per heavy atom. The number of para-hydroxylation sites is 2. The van der Waals surface area contributed by atoms with Gasteiger partial charge in [-0.1, -0.05) is 36.4 Å². The molecular weight excluding hydrogens is 458 g/mol. The molecule has 1 fully saturated rings. The Balaban J connectivity index is 1.49. The number of fused-ring (bicyclic) bond motifs is 1. The van der Waals surface area contributed by atoms with Crippen LogP contribution in [0.5, 0.6) is 5.75 Å². The Labute approximate surface area is 210 Å². The lowest BCUT2D eigenvalue weighted by Gasteiger charge is -2.28. The highest BCUT2D eigenvalue weighted by Crippen LogP contribution is 2.28. The van der Waals surface area contributed by atoms with E-state index in [0.717, 1.165) is 22.7 Å². The van der Waals surface area contributed by atoms with E-state index < -0.39 is 5.79 Å². The molecule has 0 bridgehead atoms. The summed E-state index contributed by atoms with van der Waals surface area (Å²) < 4.78 is 21.1. The van der Waals surface area contributed by atoms with Crippen molar-refractivity contribution in [3.63, 3.8) is 0 Å². The van der Waals surface area contributed by atoms with Crippen molar-refractivity contribution in [3.05, 3.63) is 87.3 Å². The summed E-state index contributed by atoms with van der Waals surface area (Å²) in [4.78, 5) is 29.0. The van der Waals surface area contributed by atoms with E-state index in [1.54, 1.807) is 9.58 Å². The molecule has 1 aromatic heterocycles. The highest BCUT2D eigenvalue weighted by Gasteiger charge is 2.36. The molecule has 36 heavy (non-hydrogen) atoms. The predicted molar refractivity (Wildman–Crippen MR) is 136 cm³/mol. The Morgan fingerprint density at radius 3 is 2.56 bits per heavy atom. The third kappa shape index (κ3) is 4.62. The fraction of sp³-hybridized carbons (Fsp3) is 0.357. The second-order valence-corrected chi connectivity index (χ2v) is 9.67. The minimum Gasteiger partial charge on any atom is -0.488 e. The number of amides is 1. The van der Waals surface area contributed by atoms with Crippen molar-refractivity contribution in [3.8, 4) is 11.4 Å². The van der Waals surface area contributed by atoms with E-state index in [1.165, 1.54) is 0 Å². The van der Waals surface area contributed by atoms with Crippen molar-refractivity contribution < 1.29 is 19.0 Å². The number of ether oxygens (including phenoxy) is 3. The largest absolute Gasteiger partial charge is 0.488 e. The molecule has 2 aromatic carbocycles. The first-order chi connectivity index (χ1) is 17.2. The molecule has 3 aromatic rings. The second-order valence-electron chi connectivity index (χ2n) is 9.67. The molecule has 3 heterocycles. The molecule has 1 saturated heterocycles. The molecule has 8 heteroatoms. The number of carbonyl (C=O) groups excluding carboxylic acids is 1. The maximum Gasteiger partial charge on any atom is 0.276 e. The maximum absolute atomic E-state index is 13.8. The second kappa shape index (κ2) is 9.44. The van der Waals surface area contributed by atoms with Gasteiger partial charge < -0.3 is 19.1 Å². The van der Waals surface area contributed by atoms with Crippen LogP contribution in [0.2, 0.25) is 0 Å². The predicted octanol–water partition coefficient (Wildman–Crippen LogP) is 3.44. The average Bonchev–Trinajstić information content (AvgIpc) is 3.33. The van der Waals surface area contributed by atoms with Gasteiger partial charge in [0.25, 0.3) is 11.5 Å². The van der Waals surface area contributed by atoms with Gasteiger partial charge in [0.05, 0.1) is 30.0 Å². The number of benzene rings is 2. The fourth-order valence-corrected chi connectivity index (χ4v) is 4.76. The highest BCUT2D eigenvalue weighted by atomic mass is 16.7. The Bertz CT molecular complexity index is 1370. The SMILES string of the molecule is Cc1c(CN(CC2COC(C)(C)O2)C(=O)C2=Cc3ccccc3OC2)c(=O)n(-c2ccccc2)n1C. The first kappa shape index (κ1) is 24.1. The summed E-state index contributed by atoms with van der Waals surface area (Å²) in [5.74, 6) is -0.153. The van der Waals surface area contributed by atoms with Crippen molar-refractivity contribution in [2.75, 3.05) is 19.8 Å². The van der Waals surface area contributed by atoms with Crippen LogP contribution in [0.3, 0.4) is 0 Å². The fourth-order valence-electron chi connectivity index (χ4n) is 4.76. The molecule has 0 saturated carbocycles. The van der Waals surface area contributed by atoms with E-state index in [0.29, 0.717) is 24.3 Å². The van der Waals surface area contributed by atoms with Crippen molar-refractivity contribution in [2.45, 2.75) is 39.2 Å². The number of nitrogens with zero attached hydrogens (tertiary/aromatic N) is 3. The third-order valence-electron chi connectivity index (χ3n) is 6.71. The molecular formula is C28H31N3O5. The number of hydrogen-bond acceptors (Lipinski definition) is 5. The van der Waals surface area contributed by atoms with Crippen LogP contribution in [0.1, 0.15) is 30.7 Å². The summed E-state index contributed by atoms with van der Waals surface area (Å²) >= 11 is 0. The Morgan fingerprint density at radius 2 is 1.83 bits per heavy atom. The lowest BCUT2D eigenvalue weighted by atomic mass is 10.1. The number of rotatable bonds is 6. The van der Waals surface area contributed by atoms with Crippen LogP contribution in [0.25, 0.3) is 11.8 Å². The lowest BCUT2D eigenvalue weighted by molar-refractivity contribution is -0.145. The molecule has 2 aliphatic rings. The van der Waals surface area contributed by atoms with E-state index in [2.05, 4.69) is 0 Å². The first-order valence-electron chi connectivity index (χ1n) is 12.1. The van der Waals surface area contributed by atoms with Crippen LogP contribution in [-0.2, 0) is 27.9 Å². The van der Waals surface area contributed by atoms with E-state index in [-0.39, 0.29) is 30.7 Å². The zero-order chi connectivity index (χ0) is 25.4. The van der Waals surface area contributed by atoms with Gasteiger partial charge in [-0.25, -0.2) is 4.68 Å². The Hall–Kier alpha value is -3.62. The molecule has 1 atom stereocenters. The molecule has 0 aliphatic carbocycles. The number of carbonyl (C=O) groups is 1. The number of hydrogen-bond donors (Lipinski definition) is 0. The monoisotopic (exact) mass is 489 g/mol. The molecule has 2 aliphatic heterocycles. The lowest BCUT2D eigenvalue weighted by Crippen LogP contribution is -2.41. The summed E-state index contributed by atoms with van der Waals surface area (Å²) in [5.41, 5.74) is 3.36. The van der Waals surface area contributed by atoms with Gasteiger partial charge in [0.15, 0.2) is 5.79 Å². The van der Waals surface area contributed by atoms with Crippen molar-refractivity contribution >= 4 is 12.0 Å². The number of aromatic nitrogens is 2. The van der Waals surface area contributed by atoms with Crippen LogP contribution < -0.4 is 10.3 Å². The van der Waals surface area contributed by atoms with Crippen molar-refractivity contribution in [1.29, 1.82) is 0 Å².